The molecule has 0 aliphatic carbocycles. The first-order valence-electron chi connectivity index (χ1n) is 8.63. The number of likely N-dealkylation sites (tertiary alicyclic amines) is 1. The molecule has 2 aromatic rings. The zero-order chi connectivity index (χ0) is 16.7. The monoisotopic (exact) mass is 328 g/mol. The molecule has 24 heavy (non-hydrogen) atoms. The second-order valence-electron chi connectivity index (χ2n) is 6.88. The van der Waals surface area contributed by atoms with Crippen LogP contribution in [0.15, 0.2) is 24.5 Å². The number of rotatable bonds is 3. The third-order valence-electron chi connectivity index (χ3n) is 5.42. The van der Waals surface area contributed by atoms with Gasteiger partial charge < -0.3 is 14.6 Å². The number of amides is 1. The summed E-state index contributed by atoms with van der Waals surface area (Å²) < 4.78 is 7.98. The zero-order valence-corrected chi connectivity index (χ0v) is 14.2. The van der Waals surface area contributed by atoms with Crippen LogP contribution in [0.2, 0.25) is 0 Å². The van der Waals surface area contributed by atoms with Gasteiger partial charge in [-0.2, -0.15) is 0 Å². The molecule has 3 atom stereocenters. The minimum absolute atomic E-state index is 0.00227. The standard InChI is InChI=1S/C18H24N4O2/c1-19-18(23)12-8-16-15(5-7-24-16)22(10-12)11-13-9-21(2)17-14(13)4-3-6-20-17/h3-4,6,9,12,15-16H,5,7-8,10-11H2,1-2H3,(H,19,23)/t12-,15+,16+/m0/s1. The van der Waals surface area contributed by atoms with Crippen LogP contribution in [0.1, 0.15) is 18.4 Å². The number of aryl methyl sites for hydroxylation is 1. The Balaban J connectivity index is 1.62. The van der Waals surface area contributed by atoms with Crippen LogP contribution in [0.5, 0.6) is 0 Å². The van der Waals surface area contributed by atoms with Crippen molar-refractivity contribution in [2.75, 3.05) is 20.2 Å². The third kappa shape index (κ3) is 2.59. The van der Waals surface area contributed by atoms with Crippen molar-refractivity contribution >= 4 is 16.9 Å². The molecule has 4 rings (SSSR count). The molecule has 2 aliphatic heterocycles. The smallest absolute Gasteiger partial charge is 0.224 e. The SMILES string of the molecule is CNC(=O)[C@H]1C[C@H]2OCC[C@H]2N(Cc2cn(C)c3ncccc23)C1. The van der Waals surface area contributed by atoms with Gasteiger partial charge in [-0.05, 0) is 30.5 Å². The van der Waals surface area contributed by atoms with Gasteiger partial charge in [-0.25, -0.2) is 4.98 Å². The summed E-state index contributed by atoms with van der Waals surface area (Å²) in [5.74, 6) is 0.121. The molecule has 2 aliphatic rings. The van der Waals surface area contributed by atoms with Crippen LogP contribution >= 0.6 is 0 Å². The first-order valence-corrected chi connectivity index (χ1v) is 8.63. The average Bonchev–Trinajstić information content (AvgIpc) is 3.20. The van der Waals surface area contributed by atoms with E-state index in [0.29, 0.717) is 6.04 Å². The zero-order valence-electron chi connectivity index (χ0n) is 14.2. The summed E-state index contributed by atoms with van der Waals surface area (Å²) in [6.07, 6.45) is 6.04. The second kappa shape index (κ2) is 6.18. The van der Waals surface area contributed by atoms with E-state index in [2.05, 4.69) is 32.0 Å². The molecule has 0 saturated carbocycles. The van der Waals surface area contributed by atoms with Gasteiger partial charge in [-0.15, -0.1) is 0 Å². The number of ether oxygens (including phenoxy) is 1. The first kappa shape index (κ1) is 15.6. The number of fused-ring (bicyclic) bond motifs is 2. The molecule has 0 radical (unpaired) electrons. The molecule has 0 aromatic carbocycles. The van der Waals surface area contributed by atoms with E-state index in [1.807, 2.05) is 19.3 Å². The van der Waals surface area contributed by atoms with Gasteiger partial charge >= 0.3 is 0 Å². The maximum Gasteiger partial charge on any atom is 0.224 e. The molecule has 6 heteroatoms. The van der Waals surface area contributed by atoms with Gasteiger partial charge in [-0.3, -0.25) is 9.69 Å². The number of carbonyl (C=O) groups excluding carboxylic acids is 1. The third-order valence-corrected chi connectivity index (χ3v) is 5.42. The van der Waals surface area contributed by atoms with Crippen LogP contribution in [-0.2, 0) is 23.1 Å². The number of pyridine rings is 1. The van der Waals surface area contributed by atoms with Crippen molar-refractivity contribution in [3.8, 4) is 0 Å². The molecule has 2 saturated heterocycles. The Morgan fingerprint density at radius 2 is 2.38 bits per heavy atom. The molecule has 0 bridgehead atoms. The molecule has 2 aromatic heterocycles. The molecule has 4 heterocycles. The Kier molecular flexibility index (Phi) is 4.02. The van der Waals surface area contributed by atoms with E-state index in [1.165, 1.54) is 10.9 Å². The van der Waals surface area contributed by atoms with Gasteiger partial charge in [0.2, 0.25) is 5.91 Å². The minimum atomic E-state index is 0.00227. The number of hydrogen-bond acceptors (Lipinski definition) is 4. The average molecular weight is 328 g/mol. The maximum absolute atomic E-state index is 12.2. The highest BCUT2D eigenvalue weighted by Crippen LogP contribution is 2.33. The predicted octanol–water partition coefficient (Wildman–Crippen LogP) is 1.30. The van der Waals surface area contributed by atoms with Crippen LogP contribution in [0, 0.1) is 5.92 Å². The molecule has 2 fully saturated rings. The topological polar surface area (TPSA) is 59.4 Å². The quantitative estimate of drug-likeness (QED) is 0.923. The lowest BCUT2D eigenvalue weighted by Crippen LogP contribution is -2.52. The molecule has 1 amide bonds. The Hall–Kier alpha value is -1.92. The van der Waals surface area contributed by atoms with Gasteiger partial charge in [0.15, 0.2) is 0 Å². The van der Waals surface area contributed by atoms with Gasteiger partial charge in [0.05, 0.1) is 12.0 Å². The van der Waals surface area contributed by atoms with Crippen molar-refractivity contribution in [2.24, 2.45) is 13.0 Å². The van der Waals surface area contributed by atoms with Crippen molar-refractivity contribution in [1.82, 2.24) is 19.8 Å². The number of nitrogens with zero attached hydrogens (tertiary/aromatic N) is 3. The highest BCUT2D eigenvalue weighted by Gasteiger charge is 2.42. The summed E-state index contributed by atoms with van der Waals surface area (Å²) in [6, 6.07) is 4.52. The van der Waals surface area contributed by atoms with Gasteiger partial charge in [0, 0.05) is 57.6 Å². The summed E-state index contributed by atoms with van der Waals surface area (Å²) in [5.41, 5.74) is 2.27. The van der Waals surface area contributed by atoms with Crippen molar-refractivity contribution in [3.63, 3.8) is 0 Å². The number of hydrogen-bond donors (Lipinski definition) is 1. The van der Waals surface area contributed by atoms with Crippen molar-refractivity contribution in [1.29, 1.82) is 0 Å². The van der Waals surface area contributed by atoms with Crippen LogP contribution in [0.25, 0.3) is 11.0 Å². The fourth-order valence-electron chi connectivity index (χ4n) is 4.27. The highest BCUT2D eigenvalue weighted by molar-refractivity contribution is 5.80. The van der Waals surface area contributed by atoms with Crippen LogP contribution in [-0.4, -0.2) is 52.7 Å². The minimum Gasteiger partial charge on any atom is -0.377 e. The summed E-state index contributed by atoms with van der Waals surface area (Å²) in [7, 11) is 3.74. The first-order chi connectivity index (χ1) is 11.7. The lowest BCUT2D eigenvalue weighted by molar-refractivity contribution is -0.129. The molecular formula is C18H24N4O2. The number of nitrogens with one attached hydrogen (secondary N) is 1. The largest absolute Gasteiger partial charge is 0.377 e. The van der Waals surface area contributed by atoms with E-state index in [1.54, 1.807) is 7.05 Å². The summed E-state index contributed by atoms with van der Waals surface area (Å²) >= 11 is 0. The fourth-order valence-corrected chi connectivity index (χ4v) is 4.27. The molecule has 0 unspecified atom stereocenters. The Bertz CT molecular complexity index is 757. The van der Waals surface area contributed by atoms with Gasteiger partial charge in [-0.1, -0.05) is 0 Å². The van der Waals surface area contributed by atoms with E-state index in [4.69, 9.17) is 4.74 Å². The van der Waals surface area contributed by atoms with Crippen molar-refractivity contribution < 1.29 is 9.53 Å². The van der Waals surface area contributed by atoms with Crippen LogP contribution < -0.4 is 5.32 Å². The lowest BCUT2D eigenvalue weighted by atomic mass is 9.89. The number of aromatic nitrogens is 2. The van der Waals surface area contributed by atoms with Crippen molar-refractivity contribution in [2.45, 2.75) is 31.5 Å². The summed E-state index contributed by atoms with van der Waals surface area (Å²) in [5, 5.41) is 3.99. The second-order valence-corrected chi connectivity index (χ2v) is 6.88. The summed E-state index contributed by atoms with van der Waals surface area (Å²) in [4.78, 5) is 19.1. The van der Waals surface area contributed by atoms with Crippen LogP contribution in [0.4, 0.5) is 0 Å². The summed E-state index contributed by atoms with van der Waals surface area (Å²) in [6.45, 7) is 2.42. The van der Waals surface area contributed by atoms with Crippen LogP contribution in [0.3, 0.4) is 0 Å². The Labute approximate surface area is 141 Å². The molecule has 128 valence electrons. The molecule has 0 spiro atoms. The Morgan fingerprint density at radius 1 is 1.50 bits per heavy atom. The van der Waals surface area contributed by atoms with Gasteiger partial charge in [0.25, 0.3) is 0 Å². The fraction of sp³-hybridized carbons (Fsp3) is 0.556. The van der Waals surface area contributed by atoms with E-state index in [9.17, 15) is 4.79 Å². The molecular weight excluding hydrogens is 304 g/mol. The normalized spacial score (nSPS) is 27.3. The van der Waals surface area contributed by atoms with E-state index >= 15 is 0 Å². The maximum atomic E-state index is 12.2. The van der Waals surface area contributed by atoms with E-state index in [0.717, 1.165) is 38.2 Å². The molecule has 1 N–H and O–H groups in total. The number of carbonyl (C=O) groups is 1. The molecule has 6 nitrogen and oxygen atoms in total. The predicted molar refractivity (Wildman–Crippen MR) is 91.4 cm³/mol. The van der Waals surface area contributed by atoms with Crippen molar-refractivity contribution in [3.05, 3.63) is 30.1 Å². The highest BCUT2D eigenvalue weighted by atomic mass is 16.5. The van der Waals surface area contributed by atoms with Gasteiger partial charge in [0.1, 0.15) is 5.65 Å². The van der Waals surface area contributed by atoms with E-state index in [-0.39, 0.29) is 17.9 Å². The van der Waals surface area contributed by atoms with E-state index < -0.39 is 0 Å². The Morgan fingerprint density at radius 3 is 3.21 bits per heavy atom. The lowest BCUT2D eigenvalue weighted by Gasteiger charge is -2.40. The number of piperidine rings is 1.